The number of rotatable bonds is 18. The smallest absolute Gasteiger partial charge is 0.545 e. The maximum atomic E-state index is 5.75. The summed E-state index contributed by atoms with van der Waals surface area (Å²) in [6.45, 7) is 12.2. The van der Waals surface area contributed by atoms with E-state index in [9.17, 15) is 0 Å². The van der Waals surface area contributed by atoms with Crippen LogP contribution in [0, 0.1) is 0 Å². The number of benzene rings is 2. The van der Waals surface area contributed by atoms with E-state index in [2.05, 4.69) is 24.3 Å². The topological polar surface area (TPSA) is 55.4 Å². The van der Waals surface area contributed by atoms with Gasteiger partial charge in [0.25, 0.3) is 0 Å². The molecule has 0 aliphatic heterocycles. The van der Waals surface area contributed by atoms with Gasteiger partial charge in [0.1, 0.15) is 0 Å². The molecule has 0 saturated heterocycles. The van der Waals surface area contributed by atoms with Crippen molar-refractivity contribution >= 4 is 36.6 Å². The molecule has 9 heteroatoms. The van der Waals surface area contributed by atoms with E-state index in [-0.39, 0.29) is 23.1 Å². The van der Waals surface area contributed by atoms with Crippen LogP contribution in [0.1, 0.15) is 52.7 Å². The Kier molecular flexibility index (Phi) is 21.4. The van der Waals surface area contributed by atoms with Crippen molar-refractivity contribution in [3.05, 3.63) is 71.8 Å². The van der Waals surface area contributed by atoms with Crippen molar-refractivity contribution in [2.24, 2.45) is 0 Å². The summed E-state index contributed by atoms with van der Waals surface area (Å²) < 4.78 is 34.5. The van der Waals surface area contributed by atoms with Gasteiger partial charge in [0.2, 0.25) is 0 Å². The van der Waals surface area contributed by atoms with E-state index in [1.807, 2.05) is 77.9 Å². The third kappa shape index (κ3) is 14.7. The minimum Gasteiger partial charge on any atom is -0.545 e. The summed E-state index contributed by atoms with van der Waals surface area (Å²) in [5, 5.41) is 0. The fourth-order valence-corrected chi connectivity index (χ4v) is 4.29. The molecule has 0 aliphatic carbocycles. The van der Waals surface area contributed by atoms with Gasteiger partial charge in [0.05, 0.1) is 0 Å². The molecule has 0 saturated carbocycles. The fraction of sp³-hybridized carbons (Fsp3) is 0.571. The molecule has 0 amide bonds. The van der Waals surface area contributed by atoms with Crippen LogP contribution in [0.5, 0.6) is 0 Å². The predicted octanol–water partition coefficient (Wildman–Crippen LogP) is 6.17. The minimum absolute atomic E-state index is 0. The Labute approximate surface area is 242 Å². The van der Waals surface area contributed by atoms with Gasteiger partial charge >= 0.3 is 36.6 Å². The number of hydrogen-bond donors (Lipinski definition) is 0. The van der Waals surface area contributed by atoms with Gasteiger partial charge in [-0.1, -0.05) is 97.3 Å². The molecular weight excluding hydrogens is 478 g/mol. The van der Waals surface area contributed by atoms with Gasteiger partial charge in [-0.25, -0.2) is 0 Å². The molecule has 0 bridgehead atoms. The summed E-state index contributed by atoms with van der Waals surface area (Å²) in [5.41, 5.74) is 2.56. The van der Waals surface area contributed by atoms with Gasteiger partial charge in [-0.05, 0) is 81.2 Å². The number of hydrogen-bond acceptors (Lipinski definition) is 6. The Morgan fingerprint density at radius 1 is 0.432 bits per heavy atom. The zero-order valence-electron chi connectivity index (χ0n) is 24.2. The SMILES string of the molecule is CCO[B-](CCc1ccccc1)(OCC)OCC.CCO[B-](CCc1ccccc1)(OCC)OCC.[Mg+2]. The molecular formula is C28H48B2MgO6. The molecule has 37 heavy (non-hydrogen) atoms. The summed E-state index contributed by atoms with van der Waals surface area (Å²) >= 11 is 0. The van der Waals surface area contributed by atoms with Gasteiger partial charge in [-0.2, -0.15) is 0 Å². The van der Waals surface area contributed by atoms with Crippen LogP contribution < -0.4 is 0 Å². The predicted molar refractivity (Wildman–Crippen MR) is 157 cm³/mol. The van der Waals surface area contributed by atoms with Crippen LogP contribution in [0.3, 0.4) is 0 Å². The summed E-state index contributed by atoms with van der Waals surface area (Å²) in [7, 11) is 0. The van der Waals surface area contributed by atoms with E-state index in [1.165, 1.54) is 11.1 Å². The molecule has 0 atom stereocenters. The van der Waals surface area contributed by atoms with E-state index in [4.69, 9.17) is 27.9 Å². The molecule has 0 aromatic heterocycles. The quantitative estimate of drug-likeness (QED) is 0.217. The van der Waals surface area contributed by atoms with Gasteiger partial charge in [-0.15, -0.1) is 0 Å². The standard InChI is InChI=1S/2C14H24BO3.Mg/c2*1-4-16-15(17-5-2,18-6-3)13-12-14-10-8-7-9-11-14;/h2*7-11H,4-6,12-13H2,1-3H3;/q2*-1;+2. The summed E-state index contributed by atoms with van der Waals surface area (Å²) in [5.74, 6) is 0. The van der Waals surface area contributed by atoms with Crippen LogP contribution in [0.2, 0.25) is 12.6 Å². The van der Waals surface area contributed by atoms with Crippen LogP contribution >= 0.6 is 0 Å². The Balaban J connectivity index is 0.000000682. The van der Waals surface area contributed by atoms with Gasteiger partial charge in [0, 0.05) is 0 Å². The first-order chi connectivity index (χ1) is 17.5. The summed E-state index contributed by atoms with van der Waals surface area (Å²) in [6.07, 6.45) is 3.33. The van der Waals surface area contributed by atoms with Crippen molar-refractivity contribution in [1.29, 1.82) is 0 Å². The maximum absolute atomic E-state index is 5.75. The molecule has 204 valence electrons. The molecule has 2 aromatic carbocycles. The molecule has 0 N–H and O–H groups in total. The molecule has 0 heterocycles. The summed E-state index contributed by atoms with van der Waals surface area (Å²) in [6, 6.07) is 20.7. The monoisotopic (exact) mass is 526 g/mol. The van der Waals surface area contributed by atoms with Crippen molar-refractivity contribution in [2.75, 3.05) is 39.6 Å². The zero-order valence-corrected chi connectivity index (χ0v) is 25.6. The Morgan fingerprint density at radius 2 is 0.676 bits per heavy atom. The van der Waals surface area contributed by atoms with Crippen LogP contribution in [0.4, 0.5) is 0 Å². The minimum atomic E-state index is -1.61. The fourth-order valence-electron chi connectivity index (χ4n) is 4.29. The van der Waals surface area contributed by atoms with Crippen LogP contribution in [0.25, 0.3) is 0 Å². The van der Waals surface area contributed by atoms with Crippen molar-refractivity contribution < 1.29 is 27.9 Å². The second-order valence-electron chi connectivity index (χ2n) is 8.36. The van der Waals surface area contributed by atoms with Gasteiger partial charge < -0.3 is 27.9 Å². The van der Waals surface area contributed by atoms with Crippen molar-refractivity contribution in [1.82, 2.24) is 0 Å². The first-order valence-electron chi connectivity index (χ1n) is 13.7. The van der Waals surface area contributed by atoms with Gasteiger partial charge in [0.15, 0.2) is 0 Å². The second-order valence-corrected chi connectivity index (χ2v) is 8.36. The van der Waals surface area contributed by atoms with Crippen LogP contribution in [-0.2, 0) is 40.8 Å². The average Bonchev–Trinajstić information content (AvgIpc) is 2.89. The molecule has 2 rings (SSSR count). The molecule has 2 aromatic rings. The van der Waals surface area contributed by atoms with Gasteiger partial charge in [-0.3, -0.25) is 0 Å². The number of aryl methyl sites for hydroxylation is 2. The Bertz CT molecular complexity index is 670. The van der Waals surface area contributed by atoms with E-state index >= 15 is 0 Å². The van der Waals surface area contributed by atoms with E-state index < -0.39 is 13.5 Å². The molecule has 6 nitrogen and oxygen atoms in total. The normalized spacial score (nSPS) is 11.4. The molecule has 0 unspecified atom stereocenters. The van der Waals surface area contributed by atoms with E-state index in [1.54, 1.807) is 0 Å². The third-order valence-corrected chi connectivity index (χ3v) is 5.78. The van der Waals surface area contributed by atoms with E-state index in [0.717, 1.165) is 25.5 Å². The van der Waals surface area contributed by atoms with Crippen molar-refractivity contribution in [3.8, 4) is 0 Å². The molecule has 0 aliphatic rings. The van der Waals surface area contributed by atoms with Crippen LogP contribution in [0.15, 0.2) is 60.7 Å². The third-order valence-electron chi connectivity index (χ3n) is 5.78. The van der Waals surface area contributed by atoms with Crippen molar-refractivity contribution in [2.45, 2.75) is 67.0 Å². The largest absolute Gasteiger partial charge is 2.00 e. The first kappa shape index (κ1) is 36.1. The van der Waals surface area contributed by atoms with Crippen LogP contribution in [-0.4, -0.2) is 76.2 Å². The first-order valence-corrected chi connectivity index (χ1v) is 13.7. The average molecular weight is 527 g/mol. The zero-order chi connectivity index (χ0) is 26.5. The second kappa shape index (κ2) is 22.0. The summed E-state index contributed by atoms with van der Waals surface area (Å²) in [4.78, 5) is 0. The molecule has 0 spiro atoms. The maximum Gasteiger partial charge on any atom is 2.00 e. The van der Waals surface area contributed by atoms with Crippen molar-refractivity contribution in [3.63, 3.8) is 0 Å². The van der Waals surface area contributed by atoms with E-state index in [0.29, 0.717) is 39.6 Å². The Hall–Kier alpha value is -0.904. The Morgan fingerprint density at radius 3 is 0.892 bits per heavy atom. The molecule has 0 radical (unpaired) electrons. The molecule has 0 fully saturated rings.